The summed E-state index contributed by atoms with van der Waals surface area (Å²) in [6, 6.07) is 2.16. The highest BCUT2D eigenvalue weighted by Crippen LogP contribution is 2.42. The highest BCUT2D eigenvalue weighted by atomic mass is 19.4. The summed E-state index contributed by atoms with van der Waals surface area (Å²) in [7, 11) is 0. The Balaban J connectivity index is 2.13. The summed E-state index contributed by atoms with van der Waals surface area (Å²) in [6.07, 6.45) is -0.278. The van der Waals surface area contributed by atoms with Crippen LogP contribution in [-0.2, 0) is 10.4 Å². The second kappa shape index (κ2) is 6.16. The molecule has 0 radical (unpaired) electrons. The third-order valence-corrected chi connectivity index (χ3v) is 3.67. The van der Waals surface area contributed by atoms with E-state index in [1.807, 2.05) is 12.2 Å². The number of aliphatic hydroxyl groups is 1. The Morgan fingerprint density at radius 1 is 1.41 bits per heavy atom. The van der Waals surface area contributed by atoms with Gasteiger partial charge in [0.05, 0.1) is 6.42 Å². The summed E-state index contributed by atoms with van der Waals surface area (Å²) in [6.45, 7) is 1.47. The lowest BCUT2D eigenvalue weighted by Crippen LogP contribution is -2.47. The van der Waals surface area contributed by atoms with Crippen molar-refractivity contribution in [3.63, 3.8) is 0 Å². The smallest absolute Gasteiger partial charge is 0.425 e. The molecular weight excluding hydrogens is 299 g/mol. The number of halogens is 3. The Kier molecular flexibility index (Phi) is 4.65. The van der Waals surface area contributed by atoms with Gasteiger partial charge in [-0.15, -0.1) is 0 Å². The van der Waals surface area contributed by atoms with Crippen molar-refractivity contribution in [2.24, 2.45) is 0 Å². The van der Waals surface area contributed by atoms with E-state index in [1.165, 1.54) is 13.0 Å². The number of nitrogens with one attached hydrogen (secondary N) is 1. The number of aryl methyl sites for hydroxylation is 1. The summed E-state index contributed by atoms with van der Waals surface area (Å²) < 4.78 is 44.6. The fourth-order valence-electron chi connectivity index (χ4n) is 2.42. The van der Waals surface area contributed by atoms with Gasteiger partial charge in [0.15, 0.2) is 0 Å². The van der Waals surface area contributed by atoms with Gasteiger partial charge in [0.1, 0.15) is 11.5 Å². The van der Waals surface area contributed by atoms with Crippen molar-refractivity contribution in [3.05, 3.63) is 35.8 Å². The first kappa shape index (κ1) is 16.6. The van der Waals surface area contributed by atoms with Gasteiger partial charge in [0.2, 0.25) is 11.5 Å². The minimum Gasteiger partial charge on any atom is -0.463 e. The van der Waals surface area contributed by atoms with E-state index in [1.54, 1.807) is 0 Å². The monoisotopic (exact) mass is 317 g/mol. The molecule has 1 aliphatic carbocycles. The average Bonchev–Trinajstić information content (AvgIpc) is 2.85. The van der Waals surface area contributed by atoms with E-state index in [2.05, 4.69) is 5.32 Å². The molecule has 0 aromatic carbocycles. The lowest BCUT2D eigenvalue weighted by Gasteiger charge is -2.29. The molecule has 7 heteroatoms. The van der Waals surface area contributed by atoms with Crippen LogP contribution >= 0.6 is 0 Å². The number of carbonyl (C=O) groups excluding carboxylic acids is 1. The van der Waals surface area contributed by atoms with Crippen LogP contribution in [0.1, 0.15) is 37.2 Å². The van der Waals surface area contributed by atoms with Crippen molar-refractivity contribution in [1.82, 2.24) is 5.32 Å². The highest BCUT2D eigenvalue weighted by molar-refractivity contribution is 5.77. The predicted octanol–water partition coefficient (Wildman–Crippen LogP) is 2.95. The lowest BCUT2D eigenvalue weighted by molar-refractivity contribution is -0.273. The molecule has 2 atom stereocenters. The Hall–Kier alpha value is -1.76. The van der Waals surface area contributed by atoms with Crippen molar-refractivity contribution >= 4 is 5.91 Å². The lowest BCUT2D eigenvalue weighted by atomic mass is 9.94. The summed E-state index contributed by atoms with van der Waals surface area (Å²) >= 11 is 0. The highest BCUT2D eigenvalue weighted by Gasteiger charge is 2.58. The van der Waals surface area contributed by atoms with Crippen LogP contribution in [0.5, 0.6) is 0 Å². The Morgan fingerprint density at radius 2 is 2.14 bits per heavy atom. The molecule has 4 nitrogen and oxygen atoms in total. The number of carbonyl (C=O) groups is 1. The maximum absolute atomic E-state index is 13.2. The van der Waals surface area contributed by atoms with E-state index in [0.29, 0.717) is 12.8 Å². The molecule has 0 spiro atoms. The van der Waals surface area contributed by atoms with E-state index in [0.717, 1.165) is 12.5 Å². The first-order valence-corrected chi connectivity index (χ1v) is 7.03. The largest absolute Gasteiger partial charge is 0.463 e. The van der Waals surface area contributed by atoms with Crippen LogP contribution in [0.3, 0.4) is 0 Å². The third kappa shape index (κ3) is 3.52. The maximum Gasteiger partial charge on any atom is 0.425 e. The summed E-state index contributed by atoms with van der Waals surface area (Å²) in [4.78, 5) is 11.9. The van der Waals surface area contributed by atoms with Gasteiger partial charge in [-0.05, 0) is 38.3 Å². The second-order valence-corrected chi connectivity index (χ2v) is 5.49. The van der Waals surface area contributed by atoms with Crippen LogP contribution in [0.2, 0.25) is 0 Å². The first-order chi connectivity index (χ1) is 10.2. The van der Waals surface area contributed by atoms with E-state index >= 15 is 0 Å². The fraction of sp³-hybridized carbons (Fsp3) is 0.533. The zero-order valence-electron chi connectivity index (χ0n) is 12.1. The van der Waals surface area contributed by atoms with E-state index in [9.17, 15) is 23.1 Å². The molecule has 0 saturated carbocycles. The van der Waals surface area contributed by atoms with Crippen LogP contribution in [0, 0.1) is 6.92 Å². The molecule has 0 bridgehead atoms. The molecule has 2 unspecified atom stereocenters. The number of alkyl halides is 3. The van der Waals surface area contributed by atoms with E-state index in [-0.39, 0.29) is 11.8 Å². The quantitative estimate of drug-likeness (QED) is 0.839. The molecule has 1 heterocycles. The molecule has 1 amide bonds. The Labute approximate surface area is 126 Å². The molecule has 0 saturated heterocycles. The molecule has 1 aliphatic rings. The minimum atomic E-state index is -5.01. The van der Waals surface area contributed by atoms with Crippen LogP contribution in [0.25, 0.3) is 0 Å². The Morgan fingerprint density at radius 3 is 2.64 bits per heavy atom. The summed E-state index contributed by atoms with van der Waals surface area (Å²) in [5.41, 5.74) is -3.32. The standard InChI is InChI=1S/C15H18F3NO3/c1-10-7-8-12(22-10)14(21,15(16,17)18)9-13(20)19-11-5-3-2-4-6-11/h2-3,7-8,11,21H,4-6,9H2,1H3,(H,19,20). The molecule has 2 rings (SSSR count). The summed E-state index contributed by atoms with van der Waals surface area (Å²) in [5.74, 6) is -1.29. The van der Waals surface area contributed by atoms with Gasteiger partial charge < -0.3 is 14.8 Å². The normalized spacial score (nSPS) is 21.4. The van der Waals surface area contributed by atoms with E-state index < -0.39 is 29.9 Å². The Bertz CT molecular complexity index is 565. The second-order valence-electron chi connectivity index (χ2n) is 5.49. The number of allylic oxidation sites excluding steroid dienone is 1. The van der Waals surface area contributed by atoms with Gasteiger partial charge in [-0.1, -0.05) is 12.2 Å². The minimum absolute atomic E-state index is 0.201. The number of rotatable bonds is 4. The third-order valence-electron chi connectivity index (χ3n) is 3.67. The molecule has 0 fully saturated rings. The fourth-order valence-corrected chi connectivity index (χ4v) is 2.42. The molecule has 22 heavy (non-hydrogen) atoms. The average molecular weight is 317 g/mol. The van der Waals surface area contributed by atoms with Gasteiger partial charge >= 0.3 is 6.18 Å². The molecule has 0 aliphatic heterocycles. The van der Waals surface area contributed by atoms with Crippen molar-refractivity contribution in [2.45, 2.75) is 50.4 Å². The van der Waals surface area contributed by atoms with Crippen LogP contribution < -0.4 is 5.32 Å². The van der Waals surface area contributed by atoms with E-state index in [4.69, 9.17) is 4.42 Å². The van der Waals surface area contributed by atoms with Gasteiger partial charge in [-0.3, -0.25) is 4.79 Å². The van der Waals surface area contributed by atoms with Crippen molar-refractivity contribution < 1.29 is 27.5 Å². The van der Waals surface area contributed by atoms with Gasteiger partial charge in [-0.25, -0.2) is 0 Å². The first-order valence-electron chi connectivity index (χ1n) is 7.03. The van der Waals surface area contributed by atoms with Crippen LogP contribution in [0.4, 0.5) is 13.2 Å². The van der Waals surface area contributed by atoms with Crippen LogP contribution in [-0.4, -0.2) is 23.2 Å². The predicted molar refractivity (Wildman–Crippen MR) is 72.9 cm³/mol. The van der Waals surface area contributed by atoms with Gasteiger partial charge in [-0.2, -0.15) is 13.2 Å². The molecule has 1 aromatic rings. The van der Waals surface area contributed by atoms with Crippen molar-refractivity contribution in [3.8, 4) is 0 Å². The maximum atomic E-state index is 13.2. The number of furan rings is 1. The zero-order chi connectivity index (χ0) is 16.4. The van der Waals surface area contributed by atoms with Gasteiger partial charge in [0, 0.05) is 6.04 Å². The number of amides is 1. The molecule has 122 valence electrons. The SMILES string of the molecule is Cc1ccc(C(O)(CC(=O)NC2CC=CCC2)C(F)(F)F)o1. The molecule has 2 N–H and O–H groups in total. The topological polar surface area (TPSA) is 62.5 Å². The molecule has 1 aromatic heterocycles. The summed E-state index contributed by atoms with van der Waals surface area (Å²) in [5, 5.41) is 12.6. The van der Waals surface area contributed by atoms with Crippen molar-refractivity contribution in [1.29, 1.82) is 0 Å². The molecular formula is C15H18F3NO3. The number of hydrogen-bond acceptors (Lipinski definition) is 3. The zero-order valence-corrected chi connectivity index (χ0v) is 12.1. The van der Waals surface area contributed by atoms with Crippen molar-refractivity contribution in [2.75, 3.05) is 0 Å². The van der Waals surface area contributed by atoms with Crippen LogP contribution in [0.15, 0.2) is 28.7 Å². The number of hydrogen-bond donors (Lipinski definition) is 2. The van der Waals surface area contributed by atoms with Gasteiger partial charge in [0.25, 0.3) is 0 Å².